The van der Waals surface area contributed by atoms with Gasteiger partial charge < -0.3 is 10.3 Å². The predicted molar refractivity (Wildman–Crippen MR) is 63.1 cm³/mol. The number of para-hydroxylation sites is 1. The molecule has 80 valence electrons. The van der Waals surface area contributed by atoms with Crippen LogP contribution in [0.5, 0.6) is 0 Å². The number of carbonyl (C=O) groups is 1. The van der Waals surface area contributed by atoms with Gasteiger partial charge in [-0.2, -0.15) is 0 Å². The Hall–Kier alpha value is -2.13. The fraction of sp³-hybridized carbons (Fsp3) is 0. The molecule has 16 heavy (non-hydrogen) atoms. The smallest absolute Gasteiger partial charge is 0.247 e. The molecule has 0 heterocycles. The second kappa shape index (κ2) is 4.59. The van der Waals surface area contributed by atoms with Gasteiger partial charge in [-0.1, -0.05) is 36.4 Å². The molecule has 0 bridgehead atoms. The maximum Gasteiger partial charge on any atom is 0.247 e. The zero-order valence-corrected chi connectivity index (χ0v) is 8.54. The van der Waals surface area contributed by atoms with Gasteiger partial charge in [-0.25, -0.2) is 0 Å². The minimum Gasteiger partial charge on any atom is -0.751 e. The fourth-order valence-electron chi connectivity index (χ4n) is 1.38. The van der Waals surface area contributed by atoms with Crippen molar-refractivity contribution in [1.82, 2.24) is 0 Å². The van der Waals surface area contributed by atoms with Gasteiger partial charge in [-0.05, 0) is 24.3 Å². The summed E-state index contributed by atoms with van der Waals surface area (Å²) >= 11 is 0. The van der Waals surface area contributed by atoms with Gasteiger partial charge in [0, 0.05) is 11.3 Å². The van der Waals surface area contributed by atoms with Gasteiger partial charge in [0.15, 0.2) is 0 Å². The van der Waals surface area contributed by atoms with Crippen LogP contribution in [0.3, 0.4) is 0 Å². The third-order valence-electron chi connectivity index (χ3n) is 2.20. The first-order valence-electron chi connectivity index (χ1n) is 4.91. The summed E-state index contributed by atoms with van der Waals surface area (Å²) in [5.41, 5.74) is 0.734. The quantitative estimate of drug-likeness (QED) is 0.718. The molecular formula is C13H10NO2-. The Labute approximate surface area is 93.5 Å². The minimum absolute atomic E-state index is 0.344. The van der Waals surface area contributed by atoms with Crippen molar-refractivity contribution in [2.75, 3.05) is 5.06 Å². The van der Waals surface area contributed by atoms with E-state index in [1.807, 2.05) is 0 Å². The second-order valence-electron chi connectivity index (χ2n) is 3.30. The van der Waals surface area contributed by atoms with Gasteiger partial charge in [0.05, 0.1) is 0 Å². The number of benzene rings is 2. The summed E-state index contributed by atoms with van der Waals surface area (Å²) in [7, 11) is 0. The number of hydroxylamine groups is 1. The lowest BCUT2D eigenvalue weighted by Gasteiger charge is -2.28. The number of hydrogen-bond donors (Lipinski definition) is 0. The molecule has 2 rings (SSSR count). The zero-order valence-electron chi connectivity index (χ0n) is 8.54. The van der Waals surface area contributed by atoms with Crippen LogP contribution >= 0.6 is 0 Å². The van der Waals surface area contributed by atoms with Crippen LogP contribution in [0.1, 0.15) is 10.4 Å². The van der Waals surface area contributed by atoms with E-state index in [0.717, 1.165) is 0 Å². The molecule has 0 unspecified atom stereocenters. The minimum atomic E-state index is -0.549. The SMILES string of the molecule is O=C(c1ccccc1)N([O-])c1ccccc1. The van der Waals surface area contributed by atoms with E-state index in [1.165, 1.54) is 0 Å². The molecular weight excluding hydrogens is 202 g/mol. The van der Waals surface area contributed by atoms with E-state index in [9.17, 15) is 10.0 Å². The van der Waals surface area contributed by atoms with Crippen LogP contribution in [0, 0.1) is 5.21 Å². The van der Waals surface area contributed by atoms with Gasteiger partial charge in [0.25, 0.3) is 0 Å². The molecule has 0 aliphatic rings. The summed E-state index contributed by atoms with van der Waals surface area (Å²) in [4.78, 5) is 11.8. The summed E-state index contributed by atoms with van der Waals surface area (Å²) in [5, 5.41) is 12.1. The van der Waals surface area contributed by atoms with Gasteiger partial charge >= 0.3 is 0 Å². The van der Waals surface area contributed by atoms with Crippen LogP contribution in [0.15, 0.2) is 60.7 Å². The highest BCUT2D eigenvalue weighted by atomic mass is 16.5. The summed E-state index contributed by atoms with van der Waals surface area (Å²) in [6.45, 7) is 0. The van der Waals surface area contributed by atoms with Crippen molar-refractivity contribution >= 4 is 11.6 Å². The van der Waals surface area contributed by atoms with Crippen LogP contribution in [-0.2, 0) is 0 Å². The Morgan fingerprint density at radius 3 is 1.94 bits per heavy atom. The number of nitrogens with zero attached hydrogens (tertiary/aromatic N) is 1. The largest absolute Gasteiger partial charge is 0.751 e. The van der Waals surface area contributed by atoms with E-state index in [2.05, 4.69) is 0 Å². The Balaban J connectivity index is 2.24. The summed E-state index contributed by atoms with van der Waals surface area (Å²) < 4.78 is 0. The van der Waals surface area contributed by atoms with Crippen molar-refractivity contribution < 1.29 is 4.79 Å². The molecule has 0 aromatic heterocycles. The Morgan fingerprint density at radius 2 is 1.38 bits per heavy atom. The van der Waals surface area contributed by atoms with Crippen LogP contribution < -0.4 is 5.06 Å². The molecule has 0 N–H and O–H groups in total. The van der Waals surface area contributed by atoms with Gasteiger partial charge in [-0.3, -0.25) is 4.79 Å². The zero-order chi connectivity index (χ0) is 11.4. The lowest BCUT2D eigenvalue weighted by molar-refractivity contribution is 0.0997. The first-order chi connectivity index (χ1) is 7.79. The third kappa shape index (κ3) is 2.10. The topological polar surface area (TPSA) is 43.4 Å². The number of amides is 1. The summed E-state index contributed by atoms with van der Waals surface area (Å²) in [6.07, 6.45) is 0. The van der Waals surface area contributed by atoms with Crippen molar-refractivity contribution in [1.29, 1.82) is 0 Å². The van der Waals surface area contributed by atoms with Crippen molar-refractivity contribution in [2.24, 2.45) is 0 Å². The molecule has 0 aliphatic carbocycles. The van der Waals surface area contributed by atoms with Crippen LogP contribution in [0.4, 0.5) is 5.69 Å². The lowest BCUT2D eigenvalue weighted by Crippen LogP contribution is -2.24. The lowest BCUT2D eigenvalue weighted by atomic mass is 10.2. The molecule has 0 fully saturated rings. The van der Waals surface area contributed by atoms with Crippen molar-refractivity contribution in [2.45, 2.75) is 0 Å². The predicted octanol–water partition coefficient (Wildman–Crippen LogP) is 2.83. The second-order valence-corrected chi connectivity index (χ2v) is 3.30. The highest BCUT2D eigenvalue weighted by Gasteiger charge is 2.07. The molecule has 0 aliphatic heterocycles. The molecule has 3 nitrogen and oxygen atoms in total. The maximum atomic E-state index is 11.8. The average molecular weight is 212 g/mol. The third-order valence-corrected chi connectivity index (χ3v) is 2.20. The van der Waals surface area contributed by atoms with Crippen LogP contribution in [0.2, 0.25) is 0 Å². The molecule has 0 spiro atoms. The van der Waals surface area contributed by atoms with Gasteiger partial charge in [0.1, 0.15) is 0 Å². The Morgan fingerprint density at radius 1 is 0.875 bits per heavy atom. The monoisotopic (exact) mass is 212 g/mol. The first-order valence-corrected chi connectivity index (χ1v) is 4.91. The van der Waals surface area contributed by atoms with Crippen molar-refractivity contribution in [3.63, 3.8) is 0 Å². The number of rotatable bonds is 2. The van der Waals surface area contributed by atoms with Crippen molar-refractivity contribution in [3.05, 3.63) is 71.4 Å². The number of hydrogen-bond acceptors (Lipinski definition) is 2. The first kappa shape index (κ1) is 10.4. The standard InChI is InChI=1S/C13H10NO2/c15-13(11-7-3-1-4-8-11)14(16)12-9-5-2-6-10-12/h1-10H/q-1. The highest BCUT2D eigenvalue weighted by Crippen LogP contribution is 2.15. The van der Waals surface area contributed by atoms with E-state index < -0.39 is 5.91 Å². The van der Waals surface area contributed by atoms with Crippen LogP contribution in [-0.4, -0.2) is 5.91 Å². The number of carbonyl (C=O) groups excluding carboxylic acids is 1. The molecule has 0 saturated carbocycles. The normalized spacial score (nSPS) is 9.81. The van der Waals surface area contributed by atoms with Gasteiger partial charge in [-0.15, -0.1) is 0 Å². The van der Waals surface area contributed by atoms with Crippen molar-refractivity contribution in [3.8, 4) is 0 Å². The summed E-state index contributed by atoms with van der Waals surface area (Å²) in [5.74, 6) is -0.549. The maximum absolute atomic E-state index is 11.8. The molecule has 3 heteroatoms. The molecule has 0 atom stereocenters. The fourth-order valence-corrected chi connectivity index (χ4v) is 1.38. The van der Waals surface area contributed by atoms with E-state index in [-0.39, 0.29) is 0 Å². The molecule has 0 saturated heterocycles. The average Bonchev–Trinajstić information content (AvgIpc) is 2.39. The highest BCUT2D eigenvalue weighted by molar-refractivity contribution is 6.06. The van der Waals surface area contributed by atoms with E-state index in [1.54, 1.807) is 60.7 Å². The number of anilines is 1. The van der Waals surface area contributed by atoms with E-state index >= 15 is 0 Å². The van der Waals surface area contributed by atoms with E-state index in [4.69, 9.17) is 0 Å². The molecule has 2 aromatic rings. The van der Waals surface area contributed by atoms with E-state index in [0.29, 0.717) is 16.3 Å². The Kier molecular flexibility index (Phi) is 2.98. The van der Waals surface area contributed by atoms with Gasteiger partial charge in [0.2, 0.25) is 5.91 Å². The molecule has 2 aromatic carbocycles. The molecule has 1 amide bonds. The summed E-state index contributed by atoms with van der Waals surface area (Å²) in [6, 6.07) is 16.9. The molecule has 0 radical (unpaired) electrons. The van der Waals surface area contributed by atoms with Crippen LogP contribution in [0.25, 0.3) is 0 Å². The Bertz CT molecular complexity index is 468.